The Labute approximate surface area is 183 Å². The van der Waals surface area contributed by atoms with E-state index >= 15 is 0 Å². The highest BCUT2D eigenvalue weighted by Gasteiger charge is 2.25. The highest BCUT2D eigenvalue weighted by Crippen LogP contribution is 2.24. The monoisotopic (exact) mass is 428 g/mol. The predicted octanol–water partition coefficient (Wildman–Crippen LogP) is 3.42. The number of aryl methyl sites for hydroxylation is 2. The van der Waals surface area contributed by atoms with E-state index in [1.807, 2.05) is 44.0 Å². The van der Waals surface area contributed by atoms with Crippen molar-refractivity contribution >= 4 is 23.2 Å². The average molecular weight is 429 g/mol. The lowest BCUT2D eigenvalue weighted by Crippen LogP contribution is -2.41. The first kappa shape index (κ1) is 22.4. The van der Waals surface area contributed by atoms with Crippen molar-refractivity contribution in [1.82, 2.24) is 19.8 Å². The van der Waals surface area contributed by atoms with Crippen molar-refractivity contribution < 1.29 is 9.59 Å². The van der Waals surface area contributed by atoms with Crippen LogP contribution in [-0.2, 0) is 22.4 Å². The topological polar surface area (TPSA) is 66.4 Å². The number of nitrogens with zero attached hydrogens (tertiary/aromatic N) is 4. The molecule has 1 atom stereocenters. The second kappa shape index (κ2) is 10.7. The van der Waals surface area contributed by atoms with Gasteiger partial charge in [-0.2, -0.15) is 0 Å². The van der Waals surface area contributed by atoms with E-state index in [0.717, 1.165) is 60.0 Å². The van der Waals surface area contributed by atoms with Crippen LogP contribution in [0.5, 0.6) is 0 Å². The molecule has 1 saturated heterocycles. The molecule has 0 saturated carbocycles. The van der Waals surface area contributed by atoms with Crippen molar-refractivity contribution in [1.29, 1.82) is 0 Å². The zero-order chi connectivity index (χ0) is 21.5. The second-order valence-electron chi connectivity index (χ2n) is 8.19. The summed E-state index contributed by atoms with van der Waals surface area (Å²) in [4.78, 5) is 38.9. The van der Waals surface area contributed by atoms with Crippen LogP contribution in [0.2, 0.25) is 0 Å². The molecule has 2 aromatic heterocycles. The largest absolute Gasteiger partial charge is 0.345 e. The smallest absolute Gasteiger partial charge is 0.227 e. The minimum Gasteiger partial charge on any atom is -0.345 e. The summed E-state index contributed by atoms with van der Waals surface area (Å²) >= 11 is 1.61. The summed E-state index contributed by atoms with van der Waals surface area (Å²) in [5.74, 6) is 0.760. The number of rotatable bonds is 8. The Bertz CT molecular complexity index is 852. The van der Waals surface area contributed by atoms with Crippen molar-refractivity contribution in [2.24, 2.45) is 5.92 Å². The SMILES string of the molecule is Cc1nc(C)c(CC(=O)N2CCC[C@@H](CCC(=O)N(C)CCc3ccccn3)C2)s1. The molecule has 2 aromatic rings. The summed E-state index contributed by atoms with van der Waals surface area (Å²) < 4.78 is 0. The van der Waals surface area contributed by atoms with Crippen LogP contribution in [0.4, 0.5) is 0 Å². The molecule has 6 nitrogen and oxygen atoms in total. The van der Waals surface area contributed by atoms with Gasteiger partial charge in [0.2, 0.25) is 11.8 Å². The molecule has 162 valence electrons. The molecule has 0 unspecified atom stereocenters. The minimum absolute atomic E-state index is 0.171. The van der Waals surface area contributed by atoms with Gasteiger partial charge in [-0.25, -0.2) is 4.98 Å². The molecule has 1 aliphatic rings. The van der Waals surface area contributed by atoms with Gasteiger partial charge in [0.25, 0.3) is 0 Å². The molecule has 2 amide bonds. The van der Waals surface area contributed by atoms with Crippen LogP contribution in [0.1, 0.15) is 47.0 Å². The van der Waals surface area contributed by atoms with E-state index in [4.69, 9.17) is 0 Å². The number of carbonyl (C=O) groups excluding carboxylic acids is 2. The van der Waals surface area contributed by atoms with E-state index in [0.29, 0.717) is 25.3 Å². The van der Waals surface area contributed by atoms with Gasteiger partial charge in [-0.15, -0.1) is 11.3 Å². The van der Waals surface area contributed by atoms with E-state index in [2.05, 4.69) is 9.97 Å². The number of hydrogen-bond acceptors (Lipinski definition) is 5. The van der Waals surface area contributed by atoms with Gasteiger partial charge in [-0.1, -0.05) is 6.07 Å². The molecule has 3 heterocycles. The van der Waals surface area contributed by atoms with Gasteiger partial charge in [0.05, 0.1) is 17.1 Å². The quantitative estimate of drug-likeness (QED) is 0.646. The fraction of sp³-hybridized carbons (Fsp3) is 0.565. The summed E-state index contributed by atoms with van der Waals surface area (Å²) in [7, 11) is 1.86. The predicted molar refractivity (Wildman–Crippen MR) is 119 cm³/mol. The minimum atomic E-state index is 0.171. The lowest BCUT2D eigenvalue weighted by atomic mass is 9.93. The Morgan fingerprint density at radius 3 is 2.83 bits per heavy atom. The zero-order valence-corrected chi connectivity index (χ0v) is 19.1. The molecule has 0 N–H and O–H groups in total. The van der Waals surface area contributed by atoms with E-state index < -0.39 is 0 Å². The Hall–Kier alpha value is -2.28. The number of aromatic nitrogens is 2. The highest BCUT2D eigenvalue weighted by atomic mass is 32.1. The molecular weight excluding hydrogens is 396 g/mol. The third kappa shape index (κ3) is 6.36. The first-order chi connectivity index (χ1) is 14.4. The van der Waals surface area contributed by atoms with Crippen LogP contribution >= 0.6 is 11.3 Å². The molecule has 7 heteroatoms. The summed E-state index contributed by atoms with van der Waals surface area (Å²) in [5.41, 5.74) is 1.98. The number of pyridine rings is 1. The normalized spacial score (nSPS) is 16.5. The van der Waals surface area contributed by atoms with Gasteiger partial charge in [-0.3, -0.25) is 14.6 Å². The number of carbonyl (C=O) groups is 2. The zero-order valence-electron chi connectivity index (χ0n) is 18.3. The number of likely N-dealkylation sites (tertiary alicyclic amines) is 1. The van der Waals surface area contributed by atoms with E-state index in [-0.39, 0.29) is 11.8 Å². The molecule has 0 radical (unpaired) electrons. The number of hydrogen-bond donors (Lipinski definition) is 0. The van der Waals surface area contributed by atoms with Crippen molar-refractivity contribution in [3.8, 4) is 0 Å². The van der Waals surface area contributed by atoms with Crippen LogP contribution < -0.4 is 0 Å². The maximum Gasteiger partial charge on any atom is 0.227 e. The summed E-state index contributed by atoms with van der Waals surface area (Å²) in [6, 6.07) is 5.86. The number of thiazole rings is 1. The van der Waals surface area contributed by atoms with Gasteiger partial charge in [-0.05, 0) is 51.2 Å². The van der Waals surface area contributed by atoms with Crippen molar-refractivity contribution in [2.75, 3.05) is 26.7 Å². The molecule has 0 aliphatic carbocycles. The molecule has 3 rings (SSSR count). The van der Waals surface area contributed by atoms with E-state index in [1.165, 1.54) is 0 Å². The molecule has 0 aromatic carbocycles. The maximum atomic E-state index is 12.8. The van der Waals surface area contributed by atoms with Crippen LogP contribution in [0.25, 0.3) is 0 Å². The molecule has 1 aliphatic heterocycles. The number of likely N-dealkylation sites (N-methyl/N-ethyl adjacent to an activating group) is 1. The van der Waals surface area contributed by atoms with Crippen LogP contribution in [0.15, 0.2) is 24.4 Å². The number of piperidine rings is 1. The van der Waals surface area contributed by atoms with Crippen LogP contribution in [-0.4, -0.2) is 58.3 Å². The molecule has 0 spiro atoms. The summed E-state index contributed by atoms with van der Waals surface area (Å²) in [6.07, 6.45) is 6.48. The van der Waals surface area contributed by atoms with Gasteiger partial charge in [0, 0.05) is 56.3 Å². The first-order valence-corrected chi connectivity index (χ1v) is 11.6. The van der Waals surface area contributed by atoms with Gasteiger partial charge < -0.3 is 9.80 Å². The Morgan fingerprint density at radius 2 is 2.13 bits per heavy atom. The van der Waals surface area contributed by atoms with E-state index in [9.17, 15) is 9.59 Å². The highest BCUT2D eigenvalue weighted by molar-refractivity contribution is 7.11. The third-order valence-electron chi connectivity index (χ3n) is 5.80. The summed E-state index contributed by atoms with van der Waals surface area (Å²) in [6.45, 7) is 6.22. The fourth-order valence-electron chi connectivity index (χ4n) is 3.99. The third-order valence-corrected chi connectivity index (χ3v) is 6.88. The fourth-order valence-corrected chi connectivity index (χ4v) is 4.91. The number of amides is 2. The maximum absolute atomic E-state index is 12.8. The molecule has 30 heavy (non-hydrogen) atoms. The van der Waals surface area contributed by atoms with Crippen molar-refractivity contribution in [3.63, 3.8) is 0 Å². The van der Waals surface area contributed by atoms with Crippen LogP contribution in [0, 0.1) is 19.8 Å². The Balaban J connectivity index is 1.42. The standard InChI is InChI=1S/C23H32N4O2S/c1-17-21(30-18(2)25-17)15-23(29)27-13-6-7-19(16-27)9-10-22(28)26(3)14-11-20-8-4-5-12-24-20/h4-5,8,12,19H,6-7,9-11,13-16H2,1-3H3/t19-/m0/s1. The lowest BCUT2D eigenvalue weighted by molar-refractivity contribution is -0.132. The Kier molecular flexibility index (Phi) is 7.96. The second-order valence-corrected chi connectivity index (χ2v) is 9.48. The first-order valence-electron chi connectivity index (χ1n) is 10.8. The average Bonchev–Trinajstić information content (AvgIpc) is 3.07. The molecule has 0 bridgehead atoms. The van der Waals surface area contributed by atoms with E-state index in [1.54, 1.807) is 22.4 Å². The van der Waals surface area contributed by atoms with Crippen LogP contribution in [0.3, 0.4) is 0 Å². The lowest BCUT2D eigenvalue weighted by Gasteiger charge is -2.33. The Morgan fingerprint density at radius 1 is 1.30 bits per heavy atom. The summed E-state index contributed by atoms with van der Waals surface area (Å²) in [5, 5.41) is 1.01. The van der Waals surface area contributed by atoms with Gasteiger partial charge >= 0.3 is 0 Å². The molecule has 1 fully saturated rings. The van der Waals surface area contributed by atoms with Crippen molar-refractivity contribution in [3.05, 3.63) is 45.7 Å². The van der Waals surface area contributed by atoms with Crippen molar-refractivity contribution in [2.45, 2.75) is 52.4 Å². The molecular formula is C23H32N4O2S. The van der Waals surface area contributed by atoms with Gasteiger partial charge in [0.15, 0.2) is 0 Å². The van der Waals surface area contributed by atoms with Gasteiger partial charge in [0.1, 0.15) is 0 Å².